The van der Waals surface area contributed by atoms with Gasteiger partial charge in [-0.1, -0.05) is 6.07 Å². The van der Waals surface area contributed by atoms with Crippen molar-refractivity contribution in [2.45, 2.75) is 24.7 Å². The summed E-state index contributed by atoms with van der Waals surface area (Å²) in [5.41, 5.74) is -0.230. The second-order valence-corrected chi connectivity index (χ2v) is 9.39. The van der Waals surface area contributed by atoms with E-state index in [1.165, 1.54) is 30.5 Å². The summed E-state index contributed by atoms with van der Waals surface area (Å²) in [4.78, 5) is 30.3. The van der Waals surface area contributed by atoms with Crippen LogP contribution in [-0.2, 0) is 14.5 Å². The maximum atomic E-state index is 13.4. The fourth-order valence-corrected chi connectivity index (χ4v) is 4.76. The van der Waals surface area contributed by atoms with Crippen molar-refractivity contribution < 1.29 is 18.7 Å². The van der Waals surface area contributed by atoms with E-state index in [9.17, 15) is 19.1 Å². The fraction of sp³-hybridized carbons (Fsp3) is 0.353. The van der Waals surface area contributed by atoms with Crippen LogP contribution in [0.25, 0.3) is 0 Å². The van der Waals surface area contributed by atoms with E-state index in [2.05, 4.69) is 35.6 Å². The summed E-state index contributed by atoms with van der Waals surface area (Å²) in [6, 6.07) is 5.31. The van der Waals surface area contributed by atoms with E-state index >= 15 is 0 Å². The molecule has 13 heteroatoms. The van der Waals surface area contributed by atoms with Gasteiger partial charge in [0.2, 0.25) is 5.28 Å². The third-order valence-electron chi connectivity index (χ3n) is 3.74. The van der Waals surface area contributed by atoms with Gasteiger partial charge in [-0.3, -0.25) is 10.1 Å². The lowest BCUT2D eigenvalue weighted by molar-refractivity contribution is -0.385. The molecule has 0 fully saturated rings. The minimum absolute atomic E-state index is 0.0281. The number of non-ortho nitro benzene ring substituents is 1. The van der Waals surface area contributed by atoms with Crippen LogP contribution < -0.4 is 5.32 Å². The van der Waals surface area contributed by atoms with Gasteiger partial charge in [0.15, 0.2) is 0 Å². The number of nitrogens with one attached hydrogen (secondary N) is 1. The summed E-state index contributed by atoms with van der Waals surface area (Å²) >= 11 is 9.08. The number of unbranched alkanes of at least 4 members (excludes halogenated alkanes) is 1. The van der Waals surface area contributed by atoms with Gasteiger partial charge >= 0.3 is 6.09 Å². The molecule has 1 amide bonds. The normalized spacial score (nSPS) is 12.6. The van der Waals surface area contributed by atoms with E-state index in [1.807, 2.05) is 0 Å². The van der Waals surface area contributed by atoms with Gasteiger partial charge < -0.3 is 10.1 Å². The average molecular weight is 521 g/mol. The first-order chi connectivity index (χ1) is 14.2. The quantitative estimate of drug-likeness (QED) is 0.218. The zero-order valence-corrected chi connectivity index (χ0v) is 19.1. The largest absolute Gasteiger partial charge is 0.448 e. The maximum Gasteiger partial charge on any atom is 0.442 e. The molecule has 1 N–H and O–H groups in total. The van der Waals surface area contributed by atoms with Crippen LogP contribution in [0.4, 0.5) is 16.3 Å². The summed E-state index contributed by atoms with van der Waals surface area (Å²) in [5, 5.41) is 14.2. The Morgan fingerprint density at radius 3 is 2.90 bits per heavy atom. The van der Waals surface area contributed by atoms with Crippen molar-refractivity contribution in [3.05, 3.63) is 50.3 Å². The molecule has 1 heterocycles. The van der Waals surface area contributed by atoms with E-state index in [4.69, 9.17) is 16.3 Å². The number of halogens is 2. The van der Waals surface area contributed by atoms with Crippen molar-refractivity contribution in [3.8, 4) is 0 Å². The first-order valence-electron chi connectivity index (χ1n) is 8.83. The van der Waals surface area contributed by atoms with Crippen LogP contribution in [0.5, 0.6) is 0 Å². The molecule has 2 aromatic rings. The summed E-state index contributed by atoms with van der Waals surface area (Å²) in [5.74, 6) is 0.547. The van der Waals surface area contributed by atoms with Crippen LogP contribution in [0.2, 0.25) is 5.28 Å². The number of nitro groups is 1. The molecule has 30 heavy (non-hydrogen) atoms. The standard InChI is InChI=1S/C17H19BrClN5O5S/c1-2-29-17(25)23-30(28,13-7-5-6-12(10-13)24(26)27)9-4-3-8-20-15-14(18)11-21-16(19)22-15/h5-7,10-11H,2-4,8-9H2,1H3,(H,20,21,22). The molecular weight excluding hydrogens is 502 g/mol. The summed E-state index contributed by atoms with van der Waals surface area (Å²) in [7, 11) is -3.24. The molecule has 162 valence electrons. The molecule has 0 aliphatic rings. The molecule has 0 aliphatic carbocycles. The van der Waals surface area contributed by atoms with Crippen molar-refractivity contribution >= 4 is 54.9 Å². The molecule has 10 nitrogen and oxygen atoms in total. The van der Waals surface area contributed by atoms with Gasteiger partial charge in [0.25, 0.3) is 5.69 Å². The maximum absolute atomic E-state index is 13.4. The zero-order chi connectivity index (χ0) is 22.1. The fourth-order valence-electron chi connectivity index (χ4n) is 2.38. The Hall–Kier alpha value is -2.31. The Morgan fingerprint density at radius 2 is 2.20 bits per heavy atom. The van der Waals surface area contributed by atoms with Gasteiger partial charge in [0.1, 0.15) is 5.82 Å². The molecule has 0 aliphatic heterocycles. The molecule has 1 unspecified atom stereocenters. The highest BCUT2D eigenvalue weighted by Gasteiger charge is 2.19. The Bertz CT molecular complexity index is 1040. The van der Waals surface area contributed by atoms with Crippen LogP contribution >= 0.6 is 27.5 Å². The highest BCUT2D eigenvalue weighted by molar-refractivity contribution is 9.10. The van der Waals surface area contributed by atoms with E-state index in [0.29, 0.717) is 29.7 Å². The smallest absolute Gasteiger partial charge is 0.442 e. The Balaban J connectivity index is 2.11. The molecule has 1 aromatic heterocycles. The monoisotopic (exact) mass is 519 g/mol. The van der Waals surface area contributed by atoms with E-state index in [-0.39, 0.29) is 28.2 Å². The van der Waals surface area contributed by atoms with Gasteiger partial charge in [0, 0.05) is 30.6 Å². The number of hydrogen-bond donors (Lipinski definition) is 1. The van der Waals surface area contributed by atoms with Gasteiger partial charge in [0.05, 0.1) is 30.6 Å². The molecular formula is C17H19BrClN5O5S. The summed E-state index contributed by atoms with van der Waals surface area (Å²) in [6.45, 7) is 2.16. The Labute approximate surface area is 186 Å². The molecule has 0 saturated carbocycles. The van der Waals surface area contributed by atoms with Crippen molar-refractivity contribution in [1.29, 1.82) is 0 Å². The van der Waals surface area contributed by atoms with Gasteiger partial charge in [-0.2, -0.15) is 4.98 Å². The van der Waals surface area contributed by atoms with Crippen LogP contribution in [0.1, 0.15) is 19.8 Å². The number of hydrogen-bond acceptors (Lipinski definition) is 8. The molecule has 0 bridgehead atoms. The molecule has 2 rings (SSSR count). The molecule has 1 aromatic carbocycles. The number of anilines is 1. The Morgan fingerprint density at radius 1 is 1.43 bits per heavy atom. The lowest BCUT2D eigenvalue weighted by Crippen LogP contribution is -2.13. The first-order valence-corrected chi connectivity index (χ1v) is 11.7. The highest BCUT2D eigenvalue weighted by Crippen LogP contribution is 2.23. The van der Waals surface area contributed by atoms with Crippen molar-refractivity contribution in [1.82, 2.24) is 9.97 Å². The zero-order valence-electron chi connectivity index (χ0n) is 15.9. The number of nitro benzene ring substituents is 1. The summed E-state index contributed by atoms with van der Waals surface area (Å²) in [6.07, 6.45) is 1.55. The molecule has 0 spiro atoms. The average Bonchev–Trinajstić information content (AvgIpc) is 2.70. The Kier molecular flexibility index (Phi) is 8.93. The number of rotatable bonds is 9. The topological polar surface area (TPSA) is 137 Å². The summed E-state index contributed by atoms with van der Waals surface area (Å²) < 4.78 is 22.6. The number of amides is 1. The predicted molar refractivity (Wildman–Crippen MR) is 116 cm³/mol. The lowest BCUT2D eigenvalue weighted by Gasteiger charge is -2.11. The highest BCUT2D eigenvalue weighted by atomic mass is 79.9. The number of benzene rings is 1. The van der Waals surface area contributed by atoms with Crippen molar-refractivity contribution in [2.75, 3.05) is 24.2 Å². The van der Waals surface area contributed by atoms with Crippen LogP contribution in [0, 0.1) is 10.1 Å². The molecule has 1 atom stereocenters. The van der Waals surface area contributed by atoms with Crippen molar-refractivity contribution in [3.63, 3.8) is 0 Å². The molecule has 0 radical (unpaired) electrons. The minimum atomic E-state index is -3.24. The molecule has 0 saturated heterocycles. The van der Waals surface area contributed by atoms with Gasteiger partial charge in [-0.25, -0.2) is 14.0 Å². The predicted octanol–water partition coefficient (Wildman–Crippen LogP) is 4.68. The van der Waals surface area contributed by atoms with Crippen molar-refractivity contribution in [2.24, 2.45) is 4.36 Å². The van der Waals surface area contributed by atoms with E-state index in [1.54, 1.807) is 6.92 Å². The third kappa shape index (κ3) is 6.89. The second kappa shape index (κ2) is 11.2. The van der Waals surface area contributed by atoms with Crippen LogP contribution in [0.3, 0.4) is 0 Å². The first kappa shape index (κ1) is 24.0. The van der Waals surface area contributed by atoms with Gasteiger partial charge in [-0.05, 0) is 53.4 Å². The van der Waals surface area contributed by atoms with Crippen LogP contribution in [-0.4, -0.2) is 44.1 Å². The van der Waals surface area contributed by atoms with Gasteiger partial charge in [-0.15, -0.1) is 4.36 Å². The third-order valence-corrected chi connectivity index (χ3v) is 6.78. The van der Waals surface area contributed by atoms with Crippen LogP contribution in [0.15, 0.2) is 44.2 Å². The minimum Gasteiger partial charge on any atom is -0.448 e. The number of carbonyl (C=O) groups excluding carboxylic acids is 1. The number of carbonyl (C=O) groups is 1. The second-order valence-electron chi connectivity index (χ2n) is 5.86. The number of aromatic nitrogens is 2. The van der Waals surface area contributed by atoms with E-state index in [0.717, 1.165) is 0 Å². The SMILES string of the molecule is CCOC(=O)N=S(=O)(CCCCNc1nc(Cl)ncc1Br)c1cccc([N+](=O)[O-])c1. The number of nitrogens with zero attached hydrogens (tertiary/aromatic N) is 4. The van der Waals surface area contributed by atoms with E-state index < -0.39 is 20.7 Å². The number of ether oxygens (including phenoxy) is 1. The lowest BCUT2D eigenvalue weighted by atomic mass is 10.3.